The summed E-state index contributed by atoms with van der Waals surface area (Å²) in [4.78, 5) is 4.70. The molecule has 1 saturated heterocycles. The summed E-state index contributed by atoms with van der Waals surface area (Å²) in [6, 6.07) is 6.66. The van der Waals surface area contributed by atoms with Gasteiger partial charge in [-0.1, -0.05) is 12.1 Å². The van der Waals surface area contributed by atoms with Crippen LogP contribution in [0.1, 0.15) is 56.7 Å². The first-order valence-electron chi connectivity index (χ1n) is 10.7. The summed E-state index contributed by atoms with van der Waals surface area (Å²) in [5.74, 6) is 2.57. The fourth-order valence-corrected chi connectivity index (χ4v) is 4.97. The third-order valence-electron chi connectivity index (χ3n) is 5.42. The van der Waals surface area contributed by atoms with Gasteiger partial charge in [0.2, 0.25) is 15.9 Å². The van der Waals surface area contributed by atoms with Crippen molar-refractivity contribution in [3.8, 4) is 5.75 Å². The number of hydrogen-bond acceptors (Lipinski definition) is 7. The van der Waals surface area contributed by atoms with E-state index in [1.165, 1.54) is 4.31 Å². The third kappa shape index (κ3) is 5.19. The summed E-state index contributed by atoms with van der Waals surface area (Å²) in [6.07, 6.45) is 5.20. The molecule has 2 heterocycles. The van der Waals surface area contributed by atoms with Crippen LogP contribution in [-0.2, 0) is 21.2 Å². The Balaban J connectivity index is 1.22. The Labute approximate surface area is 177 Å². The van der Waals surface area contributed by atoms with Crippen LogP contribution in [0.15, 0.2) is 33.7 Å². The molecule has 0 radical (unpaired) electrons. The predicted molar refractivity (Wildman–Crippen MR) is 110 cm³/mol. The lowest BCUT2D eigenvalue weighted by Crippen LogP contribution is -2.41. The first-order chi connectivity index (χ1) is 14.6. The van der Waals surface area contributed by atoms with Crippen LogP contribution in [0.5, 0.6) is 5.75 Å². The van der Waals surface area contributed by atoms with Gasteiger partial charge in [-0.05, 0) is 56.4 Å². The van der Waals surface area contributed by atoms with Gasteiger partial charge in [0, 0.05) is 25.4 Å². The molecule has 0 atom stereocenters. The molecule has 2 aromatic rings. The number of rotatable bonds is 10. The molecule has 0 amide bonds. The second-order valence-corrected chi connectivity index (χ2v) is 9.81. The summed E-state index contributed by atoms with van der Waals surface area (Å²) >= 11 is 0. The summed E-state index contributed by atoms with van der Waals surface area (Å²) in [7, 11) is -3.50. The standard InChI is InChI=1S/C21H29N3O5S/c1-2-14-27-17-5-7-19(8-6-17)30(25,26)24-12-9-18(10-13-24)28-15-11-20-22-21(29-23-20)16-3-4-16/h5-8,16,18H,2-4,9-15H2,1H3. The molecule has 0 N–H and O–H groups in total. The third-order valence-corrected chi connectivity index (χ3v) is 7.34. The lowest BCUT2D eigenvalue weighted by Gasteiger charge is -2.31. The minimum Gasteiger partial charge on any atom is -0.494 e. The quantitative estimate of drug-likeness (QED) is 0.566. The van der Waals surface area contributed by atoms with Gasteiger partial charge in [-0.2, -0.15) is 9.29 Å². The maximum atomic E-state index is 12.9. The largest absolute Gasteiger partial charge is 0.494 e. The average Bonchev–Trinajstić information content (AvgIpc) is 3.51. The van der Waals surface area contributed by atoms with Crippen LogP contribution in [0.2, 0.25) is 0 Å². The van der Waals surface area contributed by atoms with Gasteiger partial charge in [0.05, 0.1) is 24.2 Å². The zero-order valence-electron chi connectivity index (χ0n) is 17.3. The fraction of sp³-hybridized carbons (Fsp3) is 0.619. The van der Waals surface area contributed by atoms with Crippen LogP contribution >= 0.6 is 0 Å². The van der Waals surface area contributed by atoms with Crippen molar-refractivity contribution in [2.45, 2.75) is 62.4 Å². The number of nitrogens with zero attached hydrogens (tertiary/aromatic N) is 3. The number of piperidine rings is 1. The van der Waals surface area contributed by atoms with Gasteiger partial charge in [-0.3, -0.25) is 0 Å². The molecule has 30 heavy (non-hydrogen) atoms. The van der Waals surface area contributed by atoms with Crippen molar-refractivity contribution in [3.63, 3.8) is 0 Å². The summed E-state index contributed by atoms with van der Waals surface area (Å²) in [5.41, 5.74) is 0. The summed E-state index contributed by atoms with van der Waals surface area (Å²) in [6.45, 7) is 4.07. The van der Waals surface area contributed by atoms with Gasteiger partial charge in [-0.25, -0.2) is 8.42 Å². The Morgan fingerprint density at radius 3 is 2.50 bits per heavy atom. The minimum absolute atomic E-state index is 0.0519. The van der Waals surface area contributed by atoms with E-state index in [2.05, 4.69) is 10.1 Å². The first-order valence-corrected chi connectivity index (χ1v) is 12.2. The Kier molecular flexibility index (Phi) is 6.70. The van der Waals surface area contributed by atoms with Crippen molar-refractivity contribution in [1.82, 2.24) is 14.4 Å². The van der Waals surface area contributed by atoms with Gasteiger partial charge in [-0.15, -0.1) is 0 Å². The van der Waals surface area contributed by atoms with E-state index in [1.54, 1.807) is 24.3 Å². The van der Waals surface area contributed by atoms with E-state index in [0.717, 1.165) is 25.2 Å². The van der Waals surface area contributed by atoms with E-state index in [-0.39, 0.29) is 6.10 Å². The molecule has 9 heteroatoms. The smallest absolute Gasteiger partial charge is 0.243 e. The molecule has 1 aromatic heterocycles. The molecule has 2 aliphatic rings. The second-order valence-electron chi connectivity index (χ2n) is 7.87. The molecule has 1 aromatic carbocycles. The van der Waals surface area contributed by atoms with Crippen LogP contribution in [0.25, 0.3) is 0 Å². The molecule has 1 aliphatic carbocycles. The SMILES string of the molecule is CCCOc1ccc(S(=O)(=O)N2CCC(OCCc3noc(C4CC4)n3)CC2)cc1. The second kappa shape index (κ2) is 9.45. The molecule has 0 bridgehead atoms. The van der Waals surface area contributed by atoms with Crippen molar-refractivity contribution in [3.05, 3.63) is 36.0 Å². The Hall–Kier alpha value is -1.97. The lowest BCUT2D eigenvalue weighted by molar-refractivity contribution is 0.0222. The van der Waals surface area contributed by atoms with Gasteiger partial charge in [0.15, 0.2) is 5.82 Å². The van der Waals surface area contributed by atoms with Crippen molar-refractivity contribution >= 4 is 10.0 Å². The van der Waals surface area contributed by atoms with Crippen molar-refractivity contribution in [1.29, 1.82) is 0 Å². The summed E-state index contributed by atoms with van der Waals surface area (Å²) < 4.78 is 44.0. The van der Waals surface area contributed by atoms with Crippen molar-refractivity contribution in [2.75, 3.05) is 26.3 Å². The van der Waals surface area contributed by atoms with E-state index in [0.29, 0.717) is 68.0 Å². The van der Waals surface area contributed by atoms with Crippen molar-refractivity contribution in [2.24, 2.45) is 0 Å². The van der Waals surface area contributed by atoms with E-state index < -0.39 is 10.0 Å². The van der Waals surface area contributed by atoms with Crippen LogP contribution in [0, 0.1) is 0 Å². The number of aromatic nitrogens is 2. The topological polar surface area (TPSA) is 94.8 Å². The average molecular weight is 436 g/mol. The Morgan fingerprint density at radius 2 is 1.83 bits per heavy atom. The molecule has 8 nitrogen and oxygen atoms in total. The normalized spacial score (nSPS) is 18.6. The summed E-state index contributed by atoms with van der Waals surface area (Å²) in [5, 5.41) is 4.00. The highest BCUT2D eigenvalue weighted by molar-refractivity contribution is 7.89. The maximum absolute atomic E-state index is 12.9. The van der Waals surface area contributed by atoms with E-state index in [4.69, 9.17) is 14.0 Å². The van der Waals surface area contributed by atoms with Crippen LogP contribution in [-0.4, -0.2) is 55.3 Å². The zero-order chi connectivity index (χ0) is 21.0. The molecule has 4 rings (SSSR count). The molecule has 0 spiro atoms. The predicted octanol–water partition coefficient (Wildman–Crippen LogP) is 3.15. The van der Waals surface area contributed by atoms with Gasteiger partial charge < -0.3 is 14.0 Å². The molecule has 164 valence electrons. The number of benzene rings is 1. The lowest BCUT2D eigenvalue weighted by atomic mass is 10.1. The fourth-order valence-electron chi connectivity index (χ4n) is 3.50. The molecular weight excluding hydrogens is 406 g/mol. The van der Waals surface area contributed by atoms with Gasteiger partial charge in [0.1, 0.15) is 5.75 Å². The van der Waals surface area contributed by atoms with E-state index in [1.807, 2.05) is 6.92 Å². The van der Waals surface area contributed by atoms with Gasteiger partial charge in [0.25, 0.3) is 0 Å². The van der Waals surface area contributed by atoms with Gasteiger partial charge >= 0.3 is 0 Å². The number of hydrogen-bond donors (Lipinski definition) is 0. The number of ether oxygens (including phenoxy) is 2. The van der Waals surface area contributed by atoms with E-state index >= 15 is 0 Å². The Morgan fingerprint density at radius 1 is 1.10 bits per heavy atom. The molecule has 2 fully saturated rings. The highest BCUT2D eigenvalue weighted by Crippen LogP contribution is 2.38. The van der Waals surface area contributed by atoms with Crippen molar-refractivity contribution < 1.29 is 22.4 Å². The highest BCUT2D eigenvalue weighted by Gasteiger charge is 2.31. The molecule has 1 aliphatic heterocycles. The van der Waals surface area contributed by atoms with Crippen LogP contribution in [0.3, 0.4) is 0 Å². The molecular formula is C21H29N3O5S. The number of sulfonamides is 1. The first kappa shape index (κ1) is 21.3. The highest BCUT2D eigenvalue weighted by atomic mass is 32.2. The monoisotopic (exact) mass is 435 g/mol. The maximum Gasteiger partial charge on any atom is 0.243 e. The zero-order valence-corrected chi connectivity index (χ0v) is 18.1. The Bertz CT molecular complexity index is 916. The molecule has 1 saturated carbocycles. The van der Waals surface area contributed by atoms with E-state index in [9.17, 15) is 8.42 Å². The van der Waals surface area contributed by atoms with Crippen LogP contribution < -0.4 is 4.74 Å². The molecule has 0 unspecified atom stereocenters. The van der Waals surface area contributed by atoms with Crippen LogP contribution in [0.4, 0.5) is 0 Å². The minimum atomic E-state index is -3.50.